The Kier molecular flexibility index (Phi) is 7.20. The number of nitrogens with zero attached hydrogens (tertiary/aromatic N) is 4. The third kappa shape index (κ3) is 5.09. The molecule has 0 atom stereocenters. The van der Waals surface area contributed by atoms with E-state index in [-0.39, 0.29) is 0 Å². The summed E-state index contributed by atoms with van der Waals surface area (Å²) in [6.45, 7) is 0. The van der Waals surface area contributed by atoms with Crippen molar-refractivity contribution in [2.45, 2.75) is 0 Å². The zero-order chi connectivity index (χ0) is 38.2. The first-order valence-electron chi connectivity index (χ1n) is 19.7. The van der Waals surface area contributed by atoms with Gasteiger partial charge in [0.25, 0.3) is 0 Å². The first-order chi connectivity index (χ1) is 28.7. The van der Waals surface area contributed by atoms with E-state index in [9.17, 15) is 0 Å². The third-order valence-electron chi connectivity index (χ3n) is 11.7. The van der Waals surface area contributed by atoms with Gasteiger partial charge >= 0.3 is 0 Å². The minimum absolute atomic E-state index is 0.641. The van der Waals surface area contributed by atoms with E-state index >= 15 is 0 Å². The number of hydrogen-bond donors (Lipinski definition) is 0. The summed E-state index contributed by atoms with van der Waals surface area (Å²) >= 11 is 0. The highest BCUT2D eigenvalue weighted by Gasteiger charge is 2.19. The molecule has 0 bridgehead atoms. The lowest BCUT2D eigenvalue weighted by Crippen LogP contribution is -2.04. The first-order valence-corrected chi connectivity index (χ1v) is 19.7. The molecule has 0 amide bonds. The topological polar surface area (TPSA) is 35.6 Å². The fraction of sp³-hybridized carbons (Fsp3) is 0. The van der Waals surface area contributed by atoms with Crippen molar-refractivity contribution >= 4 is 65.2 Å². The first kappa shape index (κ1) is 32.4. The van der Waals surface area contributed by atoms with Crippen LogP contribution in [0.4, 0.5) is 0 Å². The lowest BCUT2D eigenvalue weighted by Gasteiger charge is -2.13. The number of rotatable bonds is 5. The van der Waals surface area contributed by atoms with Crippen LogP contribution in [0.3, 0.4) is 0 Å². The summed E-state index contributed by atoms with van der Waals surface area (Å²) < 4.78 is 4.61. The molecule has 0 aliphatic rings. The van der Waals surface area contributed by atoms with Crippen LogP contribution in [0, 0.1) is 0 Å². The van der Waals surface area contributed by atoms with Crippen LogP contribution in [-0.4, -0.2) is 19.1 Å². The minimum atomic E-state index is 0.641. The maximum Gasteiger partial charge on any atom is 0.235 e. The molecule has 0 saturated carbocycles. The van der Waals surface area contributed by atoms with Crippen LogP contribution in [0.2, 0.25) is 0 Å². The van der Waals surface area contributed by atoms with Gasteiger partial charge in [0.1, 0.15) is 0 Å². The molecule has 3 heterocycles. The Labute approximate surface area is 334 Å². The molecule has 0 spiro atoms. The SMILES string of the molecule is c1ccc(-n2c3ccccc3c3cc(-c4ccc5c(c4)c4ccccc4n5-c4nc(-c5ccc6ccccc6c5)cc(-c5cccc6ccccc56)n4)ccc32)cc1. The molecule has 9 aromatic carbocycles. The van der Waals surface area contributed by atoms with Gasteiger partial charge in [-0.2, -0.15) is 0 Å². The van der Waals surface area contributed by atoms with Crippen molar-refractivity contribution < 1.29 is 0 Å². The van der Waals surface area contributed by atoms with Crippen molar-refractivity contribution in [3.63, 3.8) is 0 Å². The number of aromatic nitrogens is 4. The van der Waals surface area contributed by atoms with E-state index < -0.39 is 0 Å². The van der Waals surface area contributed by atoms with Crippen LogP contribution in [-0.2, 0) is 0 Å². The van der Waals surface area contributed by atoms with E-state index in [0.717, 1.165) is 61.0 Å². The Hall–Kier alpha value is -7.82. The van der Waals surface area contributed by atoms with E-state index in [0.29, 0.717) is 5.95 Å². The van der Waals surface area contributed by atoms with E-state index in [1.54, 1.807) is 0 Å². The summed E-state index contributed by atoms with van der Waals surface area (Å²) in [6, 6.07) is 73.9. The van der Waals surface area contributed by atoms with Gasteiger partial charge in [-0.05, 0) is 93.3 Å². The van der Waals surface area contributed by atoms with Gasteiger partial charge in [0, 0.05) is 38.4 Å². The Morgan fingerprint density at radius 2 is 0.828 bits per heavy atom. The van der Waals surface area contributed by atoms with Crippen molar-refractivity contribution in [3.05, 3.63) is 206 Å². The maximum absolute atomic E-state index is 5.40. The molecular weight excluding hydrogens is 705 g/mol. The van der Waals surface area contributed by atoms with Gasteiger partial charge in [-0.3, -0.25) is 4.57 Å². The molecule has 4 heteroatoms. The average molecular weight is 739 g/mol. The molecular formula is C54H34N4. The normalized spacial score (nSPS) is 11.8. The molecule has 12 rings (SSSR count). The molecule has 270 valence electrons. The molecule has 12 aromatic rings. The Morgan fingerprint density at radius 1 is 0.293 bits per heavy atom. The van der Waals surface area contributed by atoms with E-state index in [1.807, 2.05) is 0 Å². The zero-order valence-electron chi connectivity index (χ0n) is 31.4. The molecule has 0 radical (unpaired) electrons. The van der Waals surface area contributed by atoms with Crippen molar-refractivity contribution in [3.8, 4) is 45.3 Å². The van der Waals surface area contributed by atoms with Gasteiger partial charge in [0.2, 0.25) is 5.95 Å². The number of fused-ring (bicyclic) bond motifs is 8. The van der Waals surface area contributed by atoms with Crippen LogP contribution >= 0.6 is 0 Å². The molecule has 0 aliphatic heterocycles. The molecule has 0 aliphatic carbocycles. The highest BCUT2D eigenvalue weighted by molar-refractivity contribution is 6.12. The molecule has 0 N–H and O–H groups in total. The highest BCUT2D eigenvalue weighted by Crippen LogP contribution is 2.39. The van der Waals surface area contributed by atoms with E-state index in [1.165, 1.54) is 43.5 Å². The Balaban J connectivity index is 1.07. The molecule has 0 unspecified atom stereocenters. The van der Waals surface area contributed by atoms with E-state index in [4.69, 9.17) is 9.97 Å². The lowest BCUT2D eigenvalue weighted by atomic mass is 10.00. The summed E-state index contributed by atoms with van der Waals surface area (Å²) in [5.41, 5.74) is 11.9. The van der Waals surface area contributed by atoms with Crippen LogP contribution in [0.1, 0.15) is 0 Å². The molecule has 0 saturated heterocycles. The standard InChI is InChI=1S/C54H34N4/c1-2-17-41(18-3-1)57-50-23-10-8-20-44(50)46-32-38(27-29-52(46)57)39-28-30-53-47(33-39)45-21-9-11-24-51(45)58(53)54-55-48(40-26-25-35-13-4-5-15-37(35)31-40)34-49(56-54)43-22-12-16-36-14-6-7-19-42(36)43/h1-34H. The van der Waals surface area contributed by atoms with Crippen molar-refractivity contribution in [1.82, 2.24) is 19.1 Å². The third-order valence-corrected chi connectivity index (χ3v) is 11.7. The predicted molar refractivity (Wildman–Crippen MR) is 242 cm³/mol. The summed E-state index contributed by atoms with van der Waals surface area (Å²) in [6.07, 6.45) is 0. The smallest absolute Gasteiger partial charge is 0.235 e. The van der Waals surface area contributed by atoms with Crippen LogP contribution in [0.15, 0.2) is 206 Å². The maximum atomic E-state index is 5.40. The summed E-state index contributed by atoms with van der Waals surface area (Å²) in [5, 5.41) is 9.52. The molecule has 0 fully saturated rings. The van der Waals surface area contributed by atoms with Gasteiger partial charge < -0.3 is 4.57 Å². The second-order valence-corrected chi connectivity index (χ2v) is 15.0. The Bertz CT molecular complexity index is 3570. The molecule has 4 nitrogen and oxygen atoms in total. The monoisotopic (exact) mass is 738 g/mol. The van der Waals surface area contributed by atoms with Gasteiger partial charge in [-0.1, -0.05) is 146 Å². The zero-order valence-corrected chi connectivity index (χ0v) is 31.4. The second kappa shape index (κ2) is 12.9. The van der Waals surface area contributed by atoms with Crippen LogP contribution in [0.25, 0.3) is 110 Å². The fourth-order valence-electron chi connectivity index (χ4n) is 8.99. The summed E-state index contributed by atoms with van der Waals surface area (Å²) in [5.74, 6) is 0.641. The van der Waals surface area contributed by atoms with Gasteiger partial charge in [-0.25, -0.2) is 9.97 Å². The summed E-state index contributed by atoms with van der Waals surface area (Å²) in [7, 11) is 0. The minimum Gasteiger partial charge on any atom is -0.309 e. The van der Waals surface area contributed by atoms with Gasteiger partial charge in [0.05, 0.1) is 33.5 Å². The van der Waals surface area contributed by atoms with Crippen molar-refractivity contribution in [2.24, 2.45) is 0 Å². The highest BCUT2D eigenvalue weighted by atomic mass is 15.2. The van der Waals surface area contributed by atoms with Crippen molar-refractivity contribution in [2.75, 3.05) is 0 Å². The summed E-state index contributed by atoms with van der Waals surface area (Å²) in [4.78, 5) is 10.8. The molecule has 3 aromatic heterocycles. The largest absolute Gasteiger partial charge is 0.309 e. The van der Waals surface area contributed by atoms with Gasteiger partial charge in [-0.15, -0.1) is 0 Å². The van der Waals surface area contributed by atoms with Crippen LogP contribution < -0.4 is 0 Å². The second-order valence-electron chi connectivity index (χ2n) is 15.0. The average Bonchev–Trinajstić information content (AvgIpc) is 3.81. The van der Waals surface area contributed by atoms with Crippen molar-refractivity contribution in [1.29, 1.82) is 0 Å². The fourth-order valence-corrected chi connectivity index (χ4v) is 8.99. The Morgan fingerprint density at radius 3 is 1.57 bits per heavy atom. The predicted octanol–water partition coefficient (Wildman–Crippen LogP) is 14.0. The van der Waals surface area contributed by atoms with Gasteiger partial charge in [0.15, 0.2) is 0 Å². The number of hydrogen-bond acceptors (Lipinski definition) is 2. The number of para-hydroxylation sites is 3. The molecule has 58 heavy (non-hydrogen) atoms. The lowest BCUT2D eigenvalue weighted by molar-refractivity contribution is 0.996. The van der Waals surface area contributed by atoms with Crippen LogP contribution in [0.5, 0.6) is 0 Å². The van der Waals surface area contributed by atoms with E-state index in [2.05, 4.69) is 215 Å². The number of benzene rings is 9. The quantitative estimate of drug-likeness (QED) is 0.176.